The highest BCUT2D eigenvalue weighted by atomic mass is 32.5. The second kappa shape index (κ2) is 9.61. The summed E-state index contributed by atoms with van der Waals surface area (Å²) in [5.74, 6) is 0. The van der Waals surface area contributed by atoms with Crippen molar-refractivity contribution < 1.29 is 4.52 Å². The fourth-order valence-corrected chi connectivity index (χ4v) is 16.6. The van der Waals surface area contributed by atoms with Gasteiger partial charge in [0, 0.05) is 24.4 Å². The highest BCUT2D eigenvalue weighted by molar-refractivity contribution is 8.10. The fourth-order valence-electron chi connectivity index (χ4n) is 5.68. The van der Waals surface area contributed by atoms with Gasteiger partial charge in [0.25, 0.3) is 0 Å². The van der Waals surface area contributed by atoms with Crippen LogP contribution in [0.15, 0.2) is 42.5 Å². The van der Waals surface area contributed by atoms with Crippen LogP contribution in [0.5, 0.6) is 0 Å². The molecule has 1 aliphatic heterocycles. The van der Waals surface area contributed by atoms with Crippen LogP contribution in [0.2, 0.25) is 39.3 Å². The minimum absolute atomic E-state index is 0.0182. The molecule has 2 aliphatic rings. The first kappa shape index (κ1) is 25.7. The molecule has 3 nitrogen and oxygen atoms in total. The van der Waals surface area contributed by atoms with Gasteiger partial charge in [-0.3, -0.25) is 0 Å². The predicted octanol–water partition coefficient (Wildman–Crippen LogP) is 7.83. The average molecular weight is 519 g/mol. The third kappa shape index (κ3) is 5.58. The van der Waals surface area contributed by atoms with Gasteiger partial charge in [-0.25, -0.2) is 9.34 Å². The van der Waals surface area contributed by atoms with Gasteiger partial charge in [0.05, 0.1) is 22.3 Å². The van der Waals surface area contributed by atoms with E-state index in [0.29, 0.717) is 12.1 Å². The van der Waals surface area contributed by atoms with Gasteiger partial charge in [-0.15, -0.1) is 0 Å². The van der Waals surface area contributed by atoms with Gasteiger partial charge in [-0.2, -0.15) is 0 Å². The zero-order chi connectivity index (χ0) is 24.0. The normalized spacial score (nSPS) is 25.3. The zero-order valence-electron chi connectivity index (χ0n) is 21.7. The van der Waals surface area contributed by atoms with Crippen molar-refractivity contribution in [1.82, 2.24) is 9.34 Å². The highest BCUT2D eigenvalue weighted by Crippen LogP contribution is 2.67. The average Bonchev–Trinajstić information content (AvgIpc) is 2.93. The van der Waals surface area contributed by atoms with Crippen molar-refractivity contribution in [1.29, 1.82) is 0 Å². The van der Waals surface area contributed by atoms with Crippen LogP contribution in [0.1, 0.15) is 44.3 Å². The number of benzene rings is 2. The molecule has 1 saturated carbocycles. The molecule has 3 atom stereocenters. The lowest BCUT2D eigenvalue weighted by atomic mass is 9.90. The summed E-state index contributed by atoms with van der Waals surface area (Å²) in [5, 5.41) is 2.57. The van der Waals surface area contributed by atoms with Crippen molar-refractivity contribution in [3.63, 3.8) is 0 Å². The van der Waals surface area contributed by atoms with Crippen molar-refractivity contribution in [2.45, 2.75) is 90.1 Å². The van der Waals surface area contributed by atoms with E-state index in [1.165, 1.54) is 42.0 Å². The van der Waals surface area contributed by atoms with Gasteiger partial charge < -0.3 is 4.52 Å². The molecule has 2 aromatic rings. The minimum Gasteiger partial charge on any atom is -0.319 e. The predicted molar refractivity (Wildman–Crippen MR) is 154 cm³/mol. The van der Waals surface area contributed by atoms with E-state index in [1.54, 1.807) is 0 Å². The Hall–Kier alpha value is -0.336. The Morgan fingerprint density at radius 3 is 1.94 bits per heavy atom. The lowest BCUT2D eigenvalue weighted by Crippen LogP contribution is -2.46. The number of rotatable bonds is 7. The summed E-state index contributed by atoms with van der Waals surface area (Å²) in [7, 11) is -2.72. The largest absolute Gasteiger partial charge is 0.319 e. The Bertz CT molecular complexity index is 994. The van der Waals surface area contributed by atoms with Crippen molar-refractivity contribution in [3.05, 3.63) is 48.0 Å². The molecule has 1 aliphatic carbocycles. The molecule has 0 unspecified atom stereocenters. The molecule has 1 saturated heterocycles. The number of hydrogen-bond donors (Lipinski definition) is 0. The summed E-state index contributed by atoms with van der Waals surface area (Å²) in [6.45, 7) is 14.8. The molecule has 7 heteroatoms. The molecule has 2 fully saturated rings. The Kier molecular flexibility index (Phi) is 7.50. The molecule has 0 radical (unpaired) electrons. The monoisotopic (exact) mass is 518 g/mol. The topological polar surface area (TPSA) is 15.7 Å². The number of fused-ring (bicyclic) bond motifs is 2. The van der Waals surface area contributed by atoms with Gasteiger partial charge in [0.15, 0.2) is 0 Å². The molecule has 0 aromatic heterocycles. The number of nitrogens with zero attached hydrogens (tertiary/aromatic N) is 2. The Morgan fingerprint density at radius 2 is 1.39 bits per heavy atom. The van der Waals surface area contributed by atoms with Crippen LogP contribution in [0.25, 0.3) is 10.8 Å². The van der Waals surface area contributed by atoms with Gasteiger partial charge >= 0.3 is 0 Å². The van der Waals surface area contributed by atoms with Crippen molar-refractivity contribution in [2.75, 3.05) is 12.3 Å². The lowest BCUT2D eigenvalue weighted by Gasteiger charge is -2.40. The summed E-state index contributed by atoms with van der Waals surface area (Å²) in [6.07, 6.45) is 7.50. The quantitative estimate of drug-likeness (QED) is 0.274. The second-order valence-electron chi connectivity index (χ2n) is 12.5. The van der Waals surface area contributed by atoms with E-state index in [2.05, 4.69) is 98.0 Å². The van der Waals surface area contributed by atoms with Crippen molar-refractivity contribution >= 4 is 45.3 Å². The summed E-state index contributed by atoms with van der Waals surface area (Å²) in [6, 6.07) is 16.4. The molecule has 33 heavy (non-hydrogen) atoms. The fraction of sp³-hybridized carbons (Fsp3) is 0.615. The SMILES string of the molecule is C[C@H](OP1(=S)N(C[Si](C)(C)C)[C@@H]2CCCC[C@H]2N1C[Si](C)(C)C)c1cccc2ccccc12. The maximum Gasteiger partial charge on any atom is 0.204 e. The molecule has 0 amide bonds. The third-order valence-electron chi connectivity index (χ3n) is 6.94. The molecule has 1 heterocycles. The first-order valence-corrected chi connectivity index (χ1v) is 22.7. The first-order chi connectivity index (χ1) is 15.4. The van der Waals surface area contributed by atoms with Crippen molar-refractivity contribution in [2.24, 2.45) is 0 Å². The minimum atomic E-state index is -2.32. The first-order valence-electron chi connectivity index (χ1n) is 12.7. The summed E-state index contributed by atoms with van der Waals surface area (Å²) < 4.78 is 12.7. The van der Waals surface area contributed by atoms with E-state index in [-0.39, 0.29) is 6.10 Å². The van der Waals surface area contributed by atoms with E-state index in [0.717, 1.165) is 12.3 Å². The van der Waals surface area contributed by atoms with Crippen LogP contribution in [-0.4, -0.2) is 49.9 Å². The maximum absolute atomic E-state index is 7.22. The lowest BCUT2D eigenvalue weighted by molar-refractivity contribution is 0.219. The number of hydrogen-bond acceptors (Lipinski definition) is 2. The molecule has 2 aromatic carbocycles. The summed E-state index contributed by atoms with van der Waals surface area (Å²) in [4.78, 5) is 0. The summed E-state index contributed by atoms with van der Waals surface area (Å²) >= 11 is 6.74. The van der Waals surface area contributed by atoms with Crippen LogP contribution in [0.3, 0.4) is 0 Å². The van der Waals surface area contributed by atoms with Gasteiger partial charge in [-0.1, -0.05) is 94.6 Å². The molecule has 4 rings (SSSR count). The molecule has 182 valence electrons. The van der Waals surface area contributed by atoms with Crippen LogP contribution in [-0.2, 0) is 16.3 Å². The van der Waals surface area contributed by atoms with Crippen LogP contribution in [0, 0.1) is 0 Å². The van der Waals surface area contributed by atoms with Crippen LogP contribution < -0.4 is 0 Å². The van der Waals surface area contributed by atoms with Crippen LogP contribution >= 0.6 is 6.57 Å². The molecule has 0 bridgehead atoms. The molecule has 0 spiro atoms. The highest BCUT2D eigenvalue weighted by Gasteiger charge is 2.55. The smallest absolute Gasteiger partial charge is 0.204 e. The van der Waals surface area contributed by atoms with Gasteiger partial charge in [0.2, 0.25) is 6.57 Å². The molecular formula is C26H43N2OPSSi2. The van der Waals surface area contributed by atoms with Gasteiger partial charge in [-0.05, 0) is 47.9 Å². The van der Waals surface area contributed by atoms with E-state index in [4.69, 9.17) is 16.3 Å². The van der Waals surface area contributed by atoms with Crippen LogP contribution in [0.4, 0.5) is 0 Å². The Balaban J connectivity index is 1.76. The molecule has 0 N–H and O–H groups in total. The van der Waals surface area contributed by atoms with E-state index < -0.39 is 22.7 Å². The third-order valence-corrected chi connectivity index (χ3v) is 14.3. The van der Waals surface area contributed by atoms with E-state index in [1.807, 2.05) is 0 Å². The van der Waals surface area contributed by atoms with E-state index in [9.17, 15) is 0 Å². The standard InChI is InChI=1S/C26H43N2OPSSi2/c1-21(23-16-12-14-22-13-8-9-15-24(22)23)29-30(31)27(19-32(2,3)4)25-17-10-11-18-26(25)28(30)20-33(5,6)7/h8-9,12-16,21,25-26H,10-11,17-20H2,1-7H3/t21-,25+,26+/m0/s1. The van der Waals surface area contributed by atoms with Gasteiger partial charge in [0.1, 0.15) is 0 Å². The maximum atomic E-state index is 7.22. The van der Waals surface area contributed by atoms with Crippen molar-refractivity contribution in [3.8, 4) is 0 Å². The second-order valence-corrected chi connectivity index (χ2v) is 27.1. The summed E-state index contributed by atoms with van der Waals surface area (Å²) in [5.41, 5.74) is 1.27. The Labute approximate surface area is 209 Å². The molecular weight excluding hydrogens is 476 g/mol. The van der Waals surface area contributed by atoms with E-state index >= 15 is 0 Å². The zero-order valence-corrected chi connectivity index (χ0v) is 25.4. The Morgan fingerprint density at radius 1 is 0.879 bits per heavy atom.